The molecule has 1 atom stereocenters. The lowest BCUT2D eigenvalue weighted by Crippen LogP contribution is -2.27. The summed E-state index contributed by atoms with van der Waals surface area (Å²) in [7, 11) is 0. The number of nitrogens with zero attached hydrogens (tertiary/aromatic N) is 7. The van der Waals surface area contributed by atoms with Crippen LogP contribution in [0.3, 0.4) is 0 Å². The van der Waals surface area contributed by atoms with Crippen LogP contribution in [0.1, 0.15) is 28.7 Å². The van der Waals surface area contributed by atoms with Gasteiger partial charge in [-0.15, -0.1) is 0 Å². The van der Waals surface area contributed by atoms with Crippen LogP contribution in [0.4, 0.5) is 5.82 Å². The van der Waals surface area contributed by atoms with E-state index in [9.17, 15) is 4.79 Å². The third-order valence-corrected chi connectivity index (χ3v) is 6.09. The number of amides is 1. The molecular formula is C21H18N8OS. The van der Waals surface area contributed by atoms with Crippen molar-refractivity contribution in [2.45, 2.75) is 19.4 Å². The van der Waals surface area contributed by atoms with Crippen molar-refractivity contribution in [1.29, 1.82) is 0 Å². The van der Waals surface area contributed by atoms with E-state index < -0.39 is 0 Å². The maximum absolute atomic E-state index is 12.0. The lowest BCUT2D eigenvalue weighted by Gasteiger charge is -2.14. The number of hydrogen-bond acceptors (Lipinski definition) is 8. The number of pyridine rings is 1. The van der Waals surface area contributed by atoms with E-state index in [-0.39, 0.29) is 11.9 Å². The highest BCUT2D eigenvalue weighted by Crippen LogP contribution is 2.28. The SMILES string of the molecule is C=CC(=O)N1CCC(n2nc(C#Cc3cnc4sc(C)nc4c3)c3c(N)ncnc32)C1. The second-order valence-electron chi connectivity index (χ2n) is 7.21. The van der Waals surface area contributed by atoms with Crippen molar-refractivity contribution in [3.05, 3.63) is 47.5 Å². The minimum atomic E-state index is -0.0896. The van der Waals surface area contributed by atoms with Gasteiger partial charge in [-0.1, -0.05) is 23.8 Å². The molecule has 0 bridgehead atoms. The molecule has 1 aliphatic heterocycles. The summed E-state index contributed by atoms with van der Waals surface area (Å²) in [5, 5.41) is 6.27. The third-order valence-electron chi connectivity index (χ3n) is 5.19. The molecule has 1 aliphatic rings. The average Bonchev–Trinajstić information content (AvgIpc) is 3.47. The number of rotatable bonds is 2. The highest BCUT2D eigenvalue weighted by atomic mass is 32.1. The van der Waals surface area contributed by atoms with Gasteiger partial charge in [-0.05, 0) is 31.4 Å². The molecule has 1 amide bonds. The van der Waals surface area contributed by atoms with Gasteiger partial charge in [0.05, 0.1) is 16.4 Å². The highest BCUT2D eigenvalue weighted by Gasteiger charge is 2.29. The van der Waals surface area contributed by atoms with Crippen molar-refractivity contribution in [2.24, 2.45) is 0 Å². The Morgan fingerprint density at radius 1 is 1.35 bits per heavy atom. The van der Waals surface area contributed by atoms with Crippen molar-refractivity contribution < 1.29 is 4.79 Å². The molecule has 2 N–H and O–H groups in total. The fraction of sp³-hybridized carbons (Fsp3) is 0.238. The minimum absolute atomic E-state index is 0.0211. The first-order chi connectivity index (χ1) is 15.0. The van der Waals surface area contributed by atoms with Crippen LogP contribution in [0.5, 0.6) is 0 Å². The molecule has 0 spiro atoms. The molecule has 0 aromatic carbocycles. The first kappa shape index (κ1) is 19.1. The largest absolute Gasteiger partial charge is 0.383 e. The molecule has 0 saturated carbocycles. The number of hydrogen-bond donors (Lipinski definition) is 1. The Labute approximate surface area is 181 Å². The van der Waals surface area contributed by atoms with E-state index in [1.807, 2.05) is 13.0 Å². The number of carbonyl (C=O) groups excluding carboxylic acids is 1. The van der Waals surface area contributed by atoms with Gasteiger partial charge in [0.15, 0.2) is 5.65 Å². The summed E-state index contributed by atoms with van der Waals surface area (Å²) in [6.45, 7) is 6.68. The number of aromatic nitrogens is 6. The molecule has 31 heavy (non-hydrogen) atoms. The predicted molar refractivity (Wildman–Crippen MR) is 118 cm³/mol. The topological polar surface area (TPSA) is 116 Å². The molecule has 0 radical (unpaired) electrons. The van der Waals surface area contributed by atoms with E-state index in [0.29, 0.717) is 35.6 Å². The Morgan fingerprint density at radius 2 is 2.23 bits per heavy atom. The Kier molecular flexibility index (Phi) is 4.60. The molecule has 5 rings (SSSR count). The zero-order valence-corrected chi connectivity index (χ0v) is 17.6. The Balaban J connectivity index is 1.54. The predicted octanol–water partition coefficient (Wildman–Crippen LogP) is 2.08. The fourth-order valence-corrected chi connectivity index (χ4v) is 4.48. The van der Waals surface area contributed by atoms with Crippen molar-refractivity contribution in [2.75, 3.05) is 18.8 Å². The van der Waals surface area contributed by atoms with Crippen LogP contribution in [0.15, 0.2) is 31.2 Å². The van der Waals surface area contributed by atoms with Gasteiger partial charge in [0.25, 0.3) is 0 Å². The molecule has 10 heteroatoms. The summed E-state index contributed by atoms with van der Waals surface area (Å²) >= 11 is 1.55. The van der Waals surface area contributed by atoms with Gasteiger partial charge in [0.1, 0.15) is 28.2 Å². The average molecular weight is 430 g/mol. The number of nitrogen functional groups attached to an aromatic ring is 1. The summed E-state index contributed by atoms with van der Waals surface area (Å²) < 4.78 is 1.80. The van der Waals surface area contributed by atoms with Crippen molar-refractivity contribution in [3.8, 4) is 11.8 Å². The Hall–Kier alpha value is -3.84. The maximum atomic E-state index is 12.0. The van der Waals surface area contributed by atoms with E-state index in [1.54, 1.807) is 27.1 Å². The van der Waals surface area contributed by atoms with Crippen molar-refractivity contribution in [3.63, 3.8) is 0 Å². The van der Waals surface area contributed by atoms with E-state index in [0.717, 1.165) is 27.3 Å². The second-order valence-corrected chi connectivity index (χ2v) is 8.39. The van der Waals surface area contributed by atoms with Gasteiger partial charge >= 0.3 is 0 Å². The molecular weight excluding hydrogens is 412 g/mol. The van der Waals surface area contributed by atoms with E-state index in [1.165, 1.54) is 12.4 Å². The number of anilines is 1. The molecule has 1 fully saturated rings. The fourth-order valence-electron chi connectivity index (χ4n) is 3.74. The van der Waals surface area contributed by atoms with Gasteiger partial charge < -0.3 is 10.6 Å². The molecule has 4 aromatic heterocycles. The minimum Gasteiger partial charge on any atom is -0.383 e. The Bertz CT molecular complexity index is 1410. The zero-order valence-electron chi connectivity index (χ0n) is 16.7. The van der Waals surface area contributed by atoms with E-state index in [2.05, 4.69) is 38.4 Å². The summed E-state index contributed by atoms with van der Waals surface area (Å²) in [4.78, 5) is 32.0. The smallest absolute Gasteiger partial charge is 0.246 e. The first-order valence-corrected chi connectivity index (χ1v) is 10.5. The molecule has 5 heterocycles. The summed E-state index contributed by atoms with van der Waals surface area (Å²) in [5.41, 5.74) is 8.81. The van der Waals surface area contributed by atoms with Crippen molar-refractivity contribution >= 4 is 44.4 Å². The van der Waals surface area contributed by atoms with Crippen LogP contribution in [0.2, 0.25) is 0 Å². The van der Waals surface area contributed by atoms with E-state index in [4.69, 9.17) is 10.8 Å². The van der Waals surface area contributed by atoms with Crippen LogP contribution < -0.4 is 5.73 Å². The number of likely N-dealkylation sites (tertiary alicyclic amines) is 1. The molecule has 0 aliphatic carbocycles. The third kappa shape index (κ3) is 3.39. The Morgan fingerprint density at radius 3 is 3.06 bits per heavy atom. The number of thiazole rings is 1. The number of carbonyl (C=O) groups is 1. The highest BCUT2D eigenvalue weighted by molar-refractivity contribution is 7.18. The standard InChI is InChI=1S/C21H18N8OS/c1-3-17(30)28-7-6-14(10-28)29-20-18(19(22)24-11-25-20)15(27-29)5-4-13-8-16-21(23-9-13)31-12(2)26-16/h3,8-9,11,14H,1,6-7,10H2,2H3,(H2,22,24,25). The maximum Gasteiger partial charge on any atom is 0.246 e. The van der Waals surface area contributed by atoms with Crippen LogP contribution in [0.25, 0.3) is 21.4 Å². The zero-order chi connectivity index (χ0) is 21.5. The summed E-state index contributed by atoms with van der Waals surface area (Å²) in [6, 6.07) is 1.89. The van der Waals surface area contributed by atoms with Gasteiger partial charge in [-0.2, -0.15) is 5.10 Å². The molecule has 154 valence electrons. The van der Waals surface area contributed by atoms with Gasteiger partial charge in [-0.3, -0.25) is 4.79 Å². The number of nitrogens with two attached hydrogens (primary N) is 1. The van der Waals surface area contributed by atoms with Crippen LogP contribution in [-0.2, 0) is 4.79 Å². The van der Waals surface area contributed by atoms with Crippen LogP contribution in [-0.4, -0.2) is 53.6 Å². The first-order valence-electron chi connectivity index (χ1n) is 9.68. The lowest BCUT2D eigenvalue weighted by molar-refractivity contribution is -0.125. The molecule has 1 saturated heterocycles. The van der Waals surface area contributed by atoms with Crippen molar-refractivity contribution in [1.82, 2.24) is 34.6 Å². The van der Waals surface area contributed by atoms with Crippen LogP contribution in [0, 0.1) is 18.8 Å². The summed E-state index contributed by atoms with van der Waals surface area (Å²) in [5.74, 6) is 6.44. The summed E-state index contributed by atoms with van der Waals surface area (Å²) in [6.07, 6.45) is 5.23. The van der Waals surface area contributed by atoms with Crippen LogP contribution >= 0.6 is 11.3 Å². The lowest BCUT2D eigenvalue weighted by atomic mass is 10.2. The monoisotopic (exact) mass is 430 g/mol. The quantitative estimate of drug-likeness (QED) is 0.382. The molecule has 1 unspecified atom stereocenters. The van der Waals surface area contributed by atoms with Gasteiger partial charge in [-0.25, -0.2) is 24.6 Å². The van der Waals surface area contributed by atoms with E-state index >= 15 is 0 Å². The van der Waals surface area contributed by atoms with Gasteiger partial charge in [0, 0.05) is 24.8 Å². The second kappa shape index (κ2) is 7.45. The van der Waals surface area contributed by atoms with Gasteiger partial charge in [0.2, 0.25) is 5.91 Å². The number of aryl methyl sites for hydroxylation is 1. The molecule has 4 aromatic rings. The number of fused-ring (bicyclic) bond motifs is 2. The normalized spacial score (nSPS) is 15.9. The molecule has 9 nitrogen and oxygen atoms in total.